The number of fused-ring (bicyclic) bond motifs is 2. The molecule has 0 fully saturated rings. The van der Waals surface area contributed by atoms with E-state index in [4.69, 9.17) is 12.6 Å². The van der Waals surface area contributed by atoms with Crippen LogP contribution in [0.5, 0.6) is 0 Å². The Hall–Kier alpha value is -1.91. The minimum Gasteiger partial charge on any atom is -0.147 e. The lowest BCUT2D eigenvalue weighted by Crippen LogP contribution is -2.09. The van der Waals surface area contributed by atoms with E-state index in [0.717, 1.165) is 24.2 Å². The summed E-state index contributed by atoms with van der Waals surface area (Å²) >= 11 is 4.76. The number of allylic oxidation sites excluding steroid dienone is 8. The smallest absolute Gasteiger partial charge is 0.0276 e. The Morgan fingerprint density at radius 1 is 1.19 bits per heavy atom. The first kappa shape index (κ1) is 12.8. The number of rotatable bonds is 1. The van der Waals surface area contributed by atoms with Gasteiger partial charge in [-0.2, -0.15) is 0 Å². The SMILES string of the molecule is SC1=CC2=C(CC1C1=CC=CCC#C1)c1ccccc1C2. The van der Waals surface area contributed by atoms with Gasteiger partial charge in [0.05, 0.1) is 0 Å². The summed E-state index contributed by atoms with van der Waals surface area (Å²) < 4.78 is 0. The Balaban J connectivity index is 1.73. The van der Waals surface area contributed by atoms with Gasteiger partial charge in [0, 0.05) is 17.9 Å². The standard InChI is InChI=1S/C20H16S/c21-20-12-16-11-15-9-5-6-10-17(15)18(16)13-19(20)14-7-3-1-2-4-8-14/h1,3,5-7,9-10,12,19,21H,2,11,13H2. The van der Waals surface area contributed by atoms with Crippen molar-refractivity contribution in [2.24, 2.45) is 5.92 Å². The van der Waals surface area contributed by atoms with Crippen LogP contribution in [0.25, 0.3) is 5.57 Å². The zero-order valence-corrected chi connectivity index (χ0v) is 12.7. The number of benzene rings is 1. The van der Waals surface area contributed by atoms with Crippen LogP contribution in [-0.4, -0.2) is 0 Å². The lowest BCUT2D eigenvalue weighted by atomic mass is 9.84. The van der Waals surface area contributed by atoms with Crippen molar-refractivity contribution in [3.05, 3.63) is 75.7 Å². The van der Waals surface area contributed by atoms with Crippen molar-refractivity contribution in [2.75, 3.05) is 0 Å². The molecule has 4 rings (SSSR count). The van der Waals surface area contributed by atoms with Crippen LogP contribution in [0.1, 0.15) is 24.0 Å². The van der Waals surface area contributed by atoms with E-state index >= 15 is 0 Å². The van der Waals surface area contributed by atoms with Crippen LogP contribution in [0.2, 0.25) is 0 Å². The van der Waals surface area contributed by atoms with E-state index < -0.39 is 0 Å². The number of thiol groups is 1. The molecule has 0 amide bonds. The third-order valence-electron chi connectivity index (χ3n) is 4.44. The maximum absolute atomic E-state index is 4.76. The molecule has 3 aliphatic carbocycles. The summed E-state index contributed by atoms with van der Waals surface area (Å²) in [6, 6.07) is 8.75. The predicted molar refractivity (Wildman–Crippen MR) is 91.9 cm³/mol. The van der Waals surface area contributed by atoms with Gasteiger partial charge in [0.1, 0.15) is 0 Å². The van der Waals surface area contributed by atoms with Crippen molar-refractivity contribution in [1.82, 2.24) is 0 Å². The Labute approximate surface area is 131 Å². The van der Waals surface area contributed by atoms with E-state index in [1.165, 1.54) is 27.8 Å². The van der Waals surface area contributed by atoms with Gasteiger partial charge >= 0.3 is 0 Å². The van der Waals surface area contributed by atoms with E-state index in [1.807, 2.05) is 0 Å². The first-order valence-electron chi connectivity index (χ1n) is 7.39. The normalized spacial score (nSPS) is 22.6. The average molecular weight is 288 g/mol. The van der Waals surface area contributed by atoms with Crippen molar-refractivity contribution >= 4 is 18.2 Å². The van der Waals surface area contributed by atoms with Crippen LogP contribution in [0.15, 0.2) is 64.6 Å². The second kappa shape index (κ2) is 5.13. The van der Waals surface area contributed by atoms with Gasteiger partial charge in [0.15, 0.2) is 0 Å². The molecule has 0 N–H and O–H groups in total. The Morgan fingerprint density at radius 2 is 2.10 bits per heavy atom. The highest BCUT2D eigenvalue weighted by Crippen LogP contribution is 2.45. The Bertz CT molecular complexity index is 791. The second-order valence-corrected chi connectivity index (χ2v) is 6.24. The zero-order chi connectivity index (χ0) is 14.2. The van der Waals surface area contributed by atoms with Gasteiger partial charge in [-0.25, -0.2) is 0 Å². The predicted octanol–water partition coefficient (Wildman–Crippen LogP) is 4.72. The van der Waals surface area contributed by atoms with E-state index in [9.17, 15) is 0 Å². The van der Waals surface area contributed by atoms with Crippen LogP contribution in [0, 0.1) is 17.8 Å². The minimum atomic E-state index is 0.313. The summed E-state index contributed by atoms with van der Waals surface area (Å²) in [5.41, 5.74) is 6.99. The maximum atomic E-state index is 4.76. The van der Waals surface area contributed by atoms with E-state index in [2.05, 4.69) is 60.4 Å². The molecule has 1 heteroatoms. The first-order valence-corrected chi connectivity index (χ1v) is 7.84. The van der Waals surface area contributed by atoms with E-state index in [1.54, 1.807) is 0 Å². The molecule has 0 heterocycles. The lowest BCUT2D eigenvalue weighted by Gasteiger charge is -2.23. The highest BCUT2D eigenvalue weighted by atomic mass is 32.1. The molecular weight excluding hydrogens is 272 g/mol. The highest BCUT2D eigenvalue weighted by Gasteiger charge is 2.29. The van der Waals surface area contributed by atoms with Gasteiger partial charge in [0.2, 0.25) is 0 Å². The molecule has 3 aliphatic rings. The number of hydrogen-bond donors (Lipinski definition) is 1. The van der Waals surface area contributed by atoms with Crippen molar-refractivity contribution in [1.29, 1.82) is 0 Å². The van der Waals surface area contributed by atoms with Crippen molar-refractivity contribution < 1.29 is 0 Å². The minimum absolute atomic E-state index is 0.313. The summed E-state index contributed by atoms with van der Waals surface area (Å²) in [7, 11) is 0. The van der Waals surface area contributed by atoms with Crippen LogP contribution < -0.4 is 0 Å². The van der Waals surface area contributed by atoms with Crippen LogP contribution in [0.4, 0.5) is 0 Å². The molecule has 21 heavy (non-hydrogen) atoms. The zero-order valence-electron chi connectivity index (χ0n) is 11.8. The molecule has 1 aromatic carbocycles. The van der Waals surface area contributed by atoms with Gasteiger partial charge in [-0.3, -0.25) is 0 Å². The fourth-order valence-corrected chi connectivity index (χ4v) is 3.77. The topological polar surface area (TPSA) is 0 Å². The molecule has 0 spiro atoms. The summed E-state index contributed by atoms with van der Waals surface area (Å²) in [5.74, 6) is 6.85. The third kappa shape index (κ3) is 2.20. The summed E-state index contributed by atoms with van der Waals surface area (Å²) in [5, 5.41) is 0. The molecule has 0 nitrogen and oxygen atoms in total. The monoisotopic (exact) mass is 288 g/mol. The van der Waals surface area contributed by atoms with Crippen molar-refractivity contribution in [3.63, 3.8) is 0 Å². The molecule has 0 bridgehead atoms. The van der Waals surface area contributed by atoms with Crippen molar-refractivity contribution in [2.45, 2.75) is 19.3 Å². The summed E-state index contributed by atoms with van der Waals surface area (Å²) in [6.07, 6.45) is 11.6. The lowest BCUT2D eigenvalue weighted by molar-refractivity contribution is 0.790. The van der Waals surface area contributed by atoms with Crippen LogP contribution in [0.3, 0.4) is 0 Å². The van der Waals surface area contributed by atoms with Gasteiger partial charge in [-0.1, -0.05) is 54.3 Å². The molecule has 0 aliphatic heterocycles. The van der Waals surface area contributed by atoms with Gasteiger partial charge in [-0.15, -0.1) is 12.6 Å². The molecule has 0 aromatic heterocycles. The summed E-state index contributed by atoms with van der Waals surface area (Å²) in [6.45, 7) is 0. The van der Waals surface area contributed by atoms with Crippen LogP contribution >= 0.6 is 12.6 Å². The van der Waals surface area contributed by atoms with E-state index in [-0.39, 0.29) is 0 Å². The number of hydrogen-bond acceptors (Lipinski definition) is 1. The summed E-state index contributed by atoms with van der Waals surface area (Å²) in [4.78, 5) is 1.15. The molecule has 102 valence electrons. The Morgan fingerprint density at radius 3 is 3.05 bits per heavy atom. The molecule has 0 saturated heterocycles. The van der Waals surface area contributed by atoms with Gasteiger partial charge in [-0.05, 0) is 46.1 Å². The average Bonchev–Trinajstić information content (AvgIpc) is 2.68. The molecule has 1 aromatic rings. The fourth-order valence-electron chi connectivity index (χ4n) is 3.39. The van der Waals surface area contributed by atoms with Crippen molar-refractivity contribution in [3.8, 4) is 11.8 Å². The third-order valence-corrected chi connectivity index (χ3v) is 4.88. The fraction of sp³-hybridized carbons (Fsp3) is 0.200. The van der Waals surface area contributed by atoms with E-state index in [0.29, 0.717) is 5.92 Å². The molecular formula is C20H16S. The molecule has 0 radical (unpaired) electrons. The quantitative estimate of drug-likeness (QED) is 0.561. The van der Waals surface area contributed by atoms with Gasteiger partial charge in [0.25, 0.3) is 0 Å². The largest absolute Gasteiger partial charge is 0.147 e. The molecule has 0 saturated carbocycles. The van der Waals surface area contributed by atoms with Crippen LogP contribution in [-0.2, 0) is 6.42 Å². The van der Waals surface area contributed by atoms with Gasteiger partial charge < -0.3 is 0 Å². The molecule has 1 unspecified atom stereocenters. The molecule has 1 atom stereocenters. The Kier molecular flexibility index (Phi) is 3.13. The second-order valence-electron chi connectivity index (χ2n) is 5.72. The maximum Gasteiger partial charge on any atom is 0.0276 e. The first-order chi connectivity index (χ1) is 10.3. The highest BCUT2D eigenvalue weighted by molar-refractivity contribution is 7.84.